The third-order valence-electron chi connectivity index (χ3n) is 4.73. The minimum absolute atomic E-state index is 0.0159. The van der Waals surface area contributed by atoms with Gasteiger partial charge in [-0.05, 0) is 42.5 Å². The van der Waals surface area contributed by atoms with Crippen LogP contribution < -0.4 is 9.46 Å². The average Bonchev–Trinajstić information content (AvgIpc) is 2.81. The van der Waals surface area contributed by atoms with Gasteiger partial charge in [-0.2, -0.15) is 0 Å². The molecule has 0 heterocycles. The zero-order valence-electron chi connectivity index (χ0n) is 17.4. The van der Waals surface area contributed by atoms with Gasteiger partial charge in [-0.25, -0.2) is 8.42 Å². The molecule has 0 spiro atoms. The summed E-state index contributed by atoms with van der Waals surface area (Å²) in [5.74, 6) is 1.30. The van der Waals surface area contributed by atoms with Crippen molar-refractivity contribution in [2.45, 2.75) is 9.79 Å². The molecule has 4 aromatic rings. The molecule has 0 saturated heterocycles. The molecule has 0 aliphatic carbocycles. The van der Waals surface area contributed by atoms with Crippen molar-refractivity contribution in [1.29, 1.82) is 0 Å². The van der Waals surface area contributed by atoms with Gasteiger partial charge in [0.25, 0.3) is 10.0 Å². The fourth-order valence-corrected chi connectivity index (χ4v) is 5.05. The normalized spacial score (nSPS) is 11.3. The van der Waals surface area contributed by atoms with Crippen LogP contribution in [0, 0.1) is 0 Å². The average molecular weight is 480 g/mol. The summed E-state index contributed by atoms with van der Waals surface area (Å²) in [6.07, 6.45) is 0. The lowest BCUT2D eigenvalue weighted by molar-refractivity contribution is 0.420. The number of anilines is 1. The smallest absolute Gasteiger partial charge is 0.261 e. The number of hydrogen-bond acceptors (Lipinski definition) is 6. The van der Waals surface area contributed by atoms with E-state index in [1.165, 1.54) is 12.1 Å². The van der Waals surface area contributed by atoms with E-state index in [1.54, 1.807) is 42.5 Å². The number of hydrogen-bond donors (Lipinski definition) is 3. The van der Waals surface area contributed by atoms with E-state index in [9.17, 15) is 18.6 Å². The third-order valence-corrected chi connectivity index (χ3v) is 7.21. The zero-order chi connectivity index (χ0) is 23.4. The lowest BCUT2D eigenvalue weighted by Gasteiger charge is -2.15. The van der Waals surface area contributed by atoms with Crippen molar-refractivity contribution in [2.75, 3.05) is 10.5 Å². The SMILES string of the molecule is C=C(O)CSc1cc(NS(=O)(=O)c2ccc(Oc3ccccc3)cc2)c2ccccc2c1O. The number of fused-ring (bicyclic) bond motifs is 1. The molecule has 0 aliphatic heterocycles. The van der Waals surface area contributed by atoms with Crippen LogP contribution in [0.1, 0.15) is 0 Å². The predicted octanol–water partition coefficient (Wildman–Crippen LogP) is 6.30. The Morgan fingerprint density at radius 3 is 2.18 bits per heavy atom. The van der Waals surface area contributed by atoms with Crippen molar-refractivity contribution in [3.05, 3.63) is 97.3 Å². The number of rotatable bonds is 8. The number of phenols is 1. The second-order valence-corrected chi connectivity index (χ2v) is 9.86. The first-order valence-corrected chi connectivity index (χ1v) is 12.4. The van der Waals surface area contributed by atoms with Crippen LogP contribution in [0.25, 0.3) is 10.8 Å². The maximum absolute atomic E-state index is 13.1. The largest absolute Gasteiger partial charge is 0.512 e. The van der Waals surface area contributed by atoms with Gasteiger partial charge in [-0.3, -0.25) is 4.72 Å². The van der Waals surface area contributed by atoms with Crippen LogP contribution in [0.4, 0.5) is 5.69 Å². The van der Waals surface area contributed by atoms with Gasteiger partial charge in [-0.1, -0.05) is 49.0 Å². The summed E-state index contributed by atoms with van der Waals surface area (Å²) in [5, 5.41) is 21.1. The Morgan fingerprint density at radius 2 is 1.52 bits per heavy atom. The maximum Gasteiger partial charge on any atom is 0.261 e. The topological polar surface area (TPSA) is 95.9 Å². The fraction of sp³-hybridized carbons (Fsp3) is 0.0400. The van der Waals surface area contributed by atoms with E-state index in [4.69, 9.17) is 4.74 Å². The molecular formula is C25H21NO5S2. The molecule has 0 amide bonds. The molecule has 0 saturated carbocycles. The standard InChI is InChI=1S/C25H21NO5S2/c1-17(27)16-32-24-15-23(21-9-5-6-10-22(21)25(24)28)26-33(29,30)20-13-11-19(12-14-20)31-18-7-3-2-4-8-18/h2-15,26-28H,1,16H2. The summed E-state index contributed by atoms with van der Waals surface area (Å²) in [7, 11) is -3.92. The van der Waals surface area contributed by atoms with E-state index in [0.717, 1.165) is 11.8 Å². The van der Waals surface area contributed by atoms with Gasteiger partial charge in [0.15, 0.2) is 0 Å². The maximum atomic E-state index is 13.1. The summed E-state index contributed by atoms with van der Waals surface area (Å²) in [6, 6.07) is 23.8. The summed E-state index contributed by atoms with van der Waals surface area (Å²) < 4.78 is 34.6. The number of thioether (sulfide) groups is 1. The Labute approximate surface area is 196 Å². The Balaban J connectivity index is 1.64. The quantitative estimate of drug-likeness (QED) is 0.156. The molecule has 0 aromatic heterocycles. The number of phenolic OH excluding ortho intramolecular Hbond substituents is 1. The van der Waals surface area contributed by atoms with Crippen molar-refractivity contribution in [1.82, 2.24) is 0 Å². The fourth-order valence-electron chi connectivity index (χ4n) is 3.21. The first-order valence-electron chi connectivity index (χ1n) is 9.93. The lowest BCUT2D eigenvalue weighted by Crippen LogP contribution is -2.13. The molecule has 0 fully saturated rings. The van der Waals surface area contributed by atoms with Crippen LogP contribution >= 0.6 is 11.8 Å². The molecule has 168 valence electrons. The molecule has 6 nitrogen and oxygen atoms in total. The lowest BCUT2D eigenvalue weighted by atomic mass is 10.1. The summed E-state index contributed by atoms with van der Waals surface area (Å²) in [6.45, 7) is 3.45. The van der Waals surface area contributed by atoms with Crippen LogP contribution in [0.5, 0.6) is 17.2 Å². The van der Waals surface area contributed by atoms with Gasteiger partial charge in [-0.15, -0.1) is 11.8 Å². The Morgan fingerprint density at radius 1 is 0.909 bits per heavy atom. The van der Waals surface area contributed by atoms with E-state index in [1.807, 2.05) is 30.3 Å². The van der Waals surface area contributed by atoms with Gasteiger partial charge in [0.05, 0.1) is 27.0 Å². The van der Waals surface area contributed by atoms with Crippen LogP contribution in [0.2, 0.25) is 0 Å². The van der Waals surface area contributed by atoms with Gasteiger partial charge >= 0.3 is 0 Å². The molecule has 4 aromatic carbocycles. The van der Waals surface area contributed by atoms with E-state index in [0.29, 0.717) is 32.9 Å². The molecule has 3 N–H and O–H groups in total. The Hall–Kier alpha value is -3.62. The van der Waals surface area contributed by atoms with Crippen LogP contribution in [-0.2, 0) is 10.0 Å². The van der Waals surface area contributed by atoms with E-state index in [-0.39, 0.29) is 22.2 Å². The number of nitrogens with one attached hydrogen (secondary N) is 1. The molecule has 0 unspecified atom stereocenters. The van der Waals surface area contributed by atoms with Crippen molar-refractivity contribution in [2.24, 2.45) is 0 Å². The molecule has 0 aliphatic rings. The molecule has 8 heteroatoms. The highest BCUT2D eigenvalue weighted by Gasteiger charge is 2.19. The molecule has 0 bridgehead atoms. The Bertz CT molecular complexity index is 1400. The number of sulfonamides is 1. The number of aliphatic hydroxyl groups is 1. The van der Waals surface area contributed by atoms with Crippen molar-refractivity contribution in [3.8, 4) is 17.2 Å². The molecular weight excluding hydrogens is 458 g/mol. The van der Waals surface area contributed by atoms with Crippen molar-refractivity contribution >= 4 is 38.2 Å². The van der Waals surface area contributed by atoms with Crippen LogP contribution in [0.15, 0.2) is 107 Å². The highest BCUT2D eigenvalue weighted by Crippen LogP contribution is 2.40. The highest BCUT2D eigenvalue weighted by molar-refractivity contribution is 7.99. The number of aliphatic hydroxyl groups excluding tert-OH is 1. The number of ether oxygens (including phenoxy) is 1. The molecule has 33 heavy (non-hydrogen) atoms. The van der Waals surface area contributed by atoms with E-state index in [2.05, 4.69) is 11.3 Å². The van der Waals surface area contributed by atoms with Gasteiger partial charge < -0.3 is 14.9 Å². The number of benzene rings is 4. The van der Waals surface area contributed by atoms with Gasteiger partial charge in [0.1, 0.15) is 17.2 Å². The van der Waals surface area contributed by atoms with E-state index >= 15 is 0 Å². The summed E-state index contributed by atoms with van der Waals surface area (Å²) in [5.41, 5.74) is 0.319. The first kappa shape index (κ1) is 22.6. The van der Waals surface area contributed by atoms with Crippen molar-refractivity contribution < 1.29 is 23.4 Å². The molecule has 0 atom stereocenters. The van der Waals surface area contributed by atoms with Crippen LogP contribution in [0.3, 0.4) is 0 Å². The summed E-state index contributed by atoms with van der Waals surface area (Å²) in [4.78, 5) is 0.492. The second-order valence-electron chi connectivity index (χ2n) is 7.16. The Kier molecular flexibility index (Phi) is 6.48. The summed E-state index contributed by atoms with van der Waals surface area (Å²) >= 11 is 1.16. The third kappa shape index (κ3) is 5.24. The van der Waals surface area contributed by atoms with Crippen molar-refractivity contribution in [3.63, 3.8) is 0 Å². The first-order chi connectivity index (χ1) is 15.8. The van der Waals surface area contributed by atoms with Gasteiger partial charge in [0, 0.05) is 10.8 Å². The minimum Gasteiger partial charge on any atom is -0.512 e. The monoisotopic (exact) mass is 479 g/mol. The predicted molar refractivity (Wildman–Crippen MR) is 132 cm³/mol. The van der Waals surface area contributed by atoms with E-state index < -0.39 is 10.0 Å². The van der Waals surface area contributed by atoms with Gasteiger partial charge in [0.2, 0.25) is 0 Å². The minimum atomic E-state index is -3.92. The number of aromatic hydroxyl groups is 1. The number of para-hydroxylation sites is 1. The molecule has 4 rings (SSSR count). The second kappa shape index (κ2) is 9.48. The molecule has 0 radical (unpaired) electrons. The van der Waals surface area contributed by atoms with Crippen LogP contribution in [-0.4, -0.2) is 24.4 Å². The zero-order valence-corrected chi connectivity index (χ0v) is 19.1. The highest BCUT2D eigenvalue weighted by atomic mass is 32.2.